The molecule has 0 fully saturated rings. The third-order valence-electron chi connectivity index (χ3n) is 2.61. The predicted octanol–water partition coefficient (Wildman–Crippen LogP) is 1.73. The van der Waals surface area contributed by atoms with Crippen LogP contribution in [0.3, 0.4) is 0 Å². The Balaban J connectivity index is 0.000000558. The number of hydrogen-bond acceptors (Lipinski definition) is 4. The molecule has 0 aliphatic carbocycles. The van der Waals surface area contributed by atoms with Crippen LogP contribution in [0.1, 0.15) is 41.0 Å². The van der Waals surface area contributed by atoms with Crippen LogP contribution in [-0.2, 0) is 9.59 Å². The van der Waals surface area contributed by atoms with Crippen molar-refractivity contribution in [1.29, 1.82) is 0 Å². The largest absolute Gasteiger partial charge is 0.481 e. The van der Waals surface area contributed by atoms with Crippen molar-refractivity contribution in [1.82, 2.24) is 9.97 Å². The van der Waals surface area contributed by atoms with Gasteiger partial charge in [0.2, 0.25) is 5.78 Å². The Morgan fingerprint density at radius 3 is 1.83 bits per heavy atom. The van der Waals surface area contributed by atoms with Gasteiger partial charge in [-0.3, -0.25) is 14.4 Å². The molecule has 2 rings (SSSR count). The Morgan fingerprint density at radius 1 is 0.958 bits per heavy atom. The van der Waals surface area contributed by atoms with E-state index < -0.39 is 11.9 Å². The summed E-state index contributed by atoms with van der Waals surface area (Å²) in [6.07, 6.45) is 1.39. The number of benzene rings is 1. The van der Waals surface area contributed by atoms with E-state index >= 15 is 0 Å². The molecule has 24 heavy (non-hydrogen) atoms. The minimum absolute atomic E-state index is 0.179. The first-order valence-corrected chi connectivity index (χ1v) is 6.83. The van der Waals surface area contributed by atoms with Gasteiger partial charge < -0.3 is 20.2 Å². The lowest BCUT2D eigenvalue weighted by molar-refractivity contribution is -0.135. The average molecular weight is 336 g/mol. The smallest absolute Gasteiger partial charge is 0.323 e. The number of nitrogens with one attached hydrogen (secondary N) is 2. The first-order chi connectivity index (χ1) is 11.0. The van der Waals surface area contributed by atoms with Gasteiger partial charge in [0.1, 0.15) is 5.69 Å². The number of aryl methyl sites for hydroxylation is 2. The molecule has 8 heteroatoms. The van der Waals surface area contributed by atoms with E-state index in [1.807, 2.05) is 26.0 Å². The molecule has 0 amide bonds. The highest BCUT2D eigenvalue weighted by Crippen LogP contribution is 2.12. The van der Waals surface area contributed by atoms with E-state index in [1.165, 1.54) is 6.20 Å². The lowest BCUT2D eigenvalue weighted by Gasteiger charge is -2.02. The van der Waals surface area contributed by atoms with Gasteiger partial charge in [0, 0.05) is 25.6 Å². The third kappa shape index (κ3) is 8.32. The Labute approximate surface area is 138 Å². The van der Waals surface area contributed by atoms with Crippen molar-refractivity contribution in [2.24, 2.45) is 0 Å². The fraction of sp³-hybridized carbons (Fsp3) is 0.250. The van der Waals surface area contributed by atoms with Crippen LogP contribution in [0.5, 0.6) is 0 Å². The Bertz CT molecular complexity index is 753. The van der Waals surface area contributed by atoms with Crippen molar-refractivity contribution in [3.8, 4) is 0 Å². The topological polar surface area (TPSA) is 140 Å². The SMILES string of the molecule is CC(=O)O.CC(=O)O.Cc1ccc(C(=O)c2c[nH]c(=O)[nH]2)cc1C. The molecule has 1 aromatic carbocycles. The van der Waals surface area contributed by atoms with Crippen LogP contribution in [0.25, 0.3) is 0 Å². The summed E-state index contributed by atoms with van der Waals surface area (Å²) < 4.78 is 0. The molecule has 0 saturated heterocycles. The van der Waals surface area contributed by atoms with Crippen LogP contribution in [0, 0.1) is 13.8 Å². The van der Waals surface area contributed by atoms with Crippen LogP contribution in [0.2, 0.25) is 0 Å². The standard InChI is InChI=1S/C12H12N2O2.2C2H4O2/c1-7-3-4-9(5-8(7)2)11(15)10-6-13-12(16)14-10;2*1-2(3)4/h3-6H,1-2H3,(H2,13,14,16);2*1H3,(H,3,4). The van der Waals surface area contributed by atoms with E-state index in [9.17, 15) is 9.59 Å². The van der Waals surface area contributed by atoms with E-state index in [1.54, 1.807) is 6.07 Å². The maximum absolute atomic E-state index is 11.9. The van der Waals surface area contributed by atoms with Gasteiger partial charge in [-0.2, -0.15) is 0 Å². The second kappa shape index (κ2) is 9.78. The van der Waals surface area contributed by atoms with Crippen molar-refractivity contribution >= 4 is 17.7 Å². The summed E-state index contributed by atoms with van der Waals surface area (Å²) in [4.78, 5) is 45.7. The number of rotatable bonds is 2. The summed E-state index contributed by atoms with van der Waals surface area (Å²) in [5.74, 6) is -1.85. The molecule has 0 aliphatic heterocycles. The van der Waals surface area contributed by atoms with Gasteiger partial charge in [0.15, 0.2) is 0 Å². The van der Waals surface area contributed by atoms with Gasteiger partial charge in [-0.25, -0.2) is 4.79 Å². The van der Waals surface area contributed by atoms with Crippen LogP contribution in [-0.4, -0.2) is 37.9 Å². The molecule has 1 aromatic heterocycles. The maximum atomic E-state index is 11.9. The molecule has 0 unspecified atom stereocenters. The third-order valence-corrected chi connectivity index (χ3v) is 2.61. The number of aliphatic carboxylic acids is 2. The van der Waals surface area contributed by atoms with Crippen LogP contribution in [0.4, 0.5) is 0 Å². The van der Waals surface area contributed by atoms with Gasteiger partial charge in [-0.15, -0.1) is 0 Å². The number of imidazole rings is 1. The summed E-state index contributed by atoms with van der Waals surface area (Å²) in [7, 11) is 0. The molecule has 2 aromatic rings. The summed E-state index contributed by atoms with van der Waals surface area (Å²) in [6, 6.07) is 5.48. The number of aromatic nitrogens is 2. The molecule has 130 valence electrons. The second-order valence-electron chi connectivity index (χ2n) is 4.82. The maximum Gasteiger partial charge on any atom is 0.323 e. The van der Waals surface area contributed by atoms with Crippen molar-refractivity contribution in [2.45, 2.75) is 27.7 Å². The minimum atomic E-state index is -0.833. The number of carboxylic acids is 2. The van der Waals surface area contributed by atoms with Crippen LogP contribution >= 0.6 is 0 Å². The molecule has 0 bridgehead atoms. The summed E-state index contributed by atoms with van der Waals surface area (Å²) in [5.41, 5.74) is 2.70. The first-order valence-electron chi connectivity index (χ1n) is 6.83. The molecule has 4 N–H and O–H groups in total. The lowest BCUT2D eigenvalue weighted by Crippen LogP contribution is -2.06. The molecule has 0 radical (unpaired) electrons. The van der Waals surface area contributed by atoms with Crippen LogP contribution in [0.15, 0.2) is 29.2 Å². The molecule has 0 atom stereocenters. The van der Waals surface area contributed by atoms with E-state index in [-0.39, 0.29) is 17.2 Å². The summed E-state index contributed by atoms with van der Waals surface area (Å²) in [5, 5.41) is 14.8. The molecule has 0 spiro atoms. The van der Waals surface area contributed by atoms with Crippen molar-refractivity contribution < 1.29 is 24.6 Å². The number of aromatic amines is 2. The number of carbonyl (C=O) groups is 3. The number of ketones is 1. The van der Waals surface area contributed by atoms with Gasteiger partial charge in [0.05, 0.1) is 0 Å². The Hall–Kier alpha value is -3.16. The summed E-state index contributed by atoms with van der Waals surface area (Å²) >= 11 is 0. The average Bonchev–Trinajstić information content (AvgIpc) is 2.86. The van der Waals surface area contributed by atoms with Crippen molar-refractivity contribution in [3.63, 3.8) is 0 Å². The highest BCUT2D eigenvalue weighted by molar-refractivity contribution is 6.07. The zero-order valence-electron chi connectivity index (χ0n) is 13.8. The molecule has 0 saturated carbocycles. The fourth-order valence-corrected chi connectivity index (χ4v) is 1.49. The highest BCUT2D eigenvalue weighted by Gasteiger charge is 2.11. The lowest BCUT2D eigenvalue weighted by atomic mass is 10.0. The minimum Gasteiger partial charge on any atom is -0.481 e. The van der Waals surface area contributed by atoms with E-state index in [4.69, 9.17) is 19.8 Å². The van der Waals surface area contributed by atoms with E-state index in [0.717, 1.165) is 25.0 Å². The first kappa shape index (κ1) is 20.8. The molecule has 0 aliphatic rings. The molecular formula is C16H20N2O6. The monoisotopic (exact) mass is 336 g/mol. The Kier molecular flexibility index (Phi) is 8.49. The molecular weight excluding hydrogens is 316 g/mol. The Morgan fingerprint density at radius 2 is 1.46 bits per heavy atom. The van der Waals surface area contributed by atoms with Gasteiger partial charge >= 0.3 is 5.69 Å². The highest BCUT2D eigenvalue weighted by atomic mass is 16.4. The zero-order valence-corrected chi connectivity index (χ0v) is 13.8. The van der Waals surface area contributed by atoms with Gasteiger partial charge in [0.25, 0.3) is 11.9 Å². The molecule has 1 heterocycles. The van der Waals surface area contributed by atoms with Crippen LogP contribution < -0.4 is 5.69 Å². The predicted molar refractivity (Wildman–Crippen MR) is 87.4 cm³/mol. The quantitative estimate of drug-likeness (QED) is 0.616. The zero-order chi connectivity index (χ0) is 18.9. The fourth-order valence-electron chi connectivity index (χ4n) is 1.49. The van der Waals surface area contributed by atoms with Crippen molar-refractivity contribution in [3.05, 3.63) is 57.3 Å². The number of carbonyl (C=O) groups excluding carboxylic acids is 1. The molecule has 8 nitrogen and oxygen atoms in total. The number of hydrogen-bond donors (Lipinski definition) is 4. The van der Waals surface area contributed by atoms with Gasteiger partial charge in [-0.1, -0.05) is 12.1 Å². The van der Waals surface area contributed by atoms with Crippen molar-refractivity contribution in [2.75, 3.05) is 0 Å². The number of H-pyrrole nitrogens is 2. The summed E-state index contributed by atoms with van der Waals surface area (Å²) in [6.45, 7) is 6.10. The van der Waals surface area contributed by atoms with E-state index in [0.29, 0.717) is 5.56 Å². The second-order valence-corrected chi connectivity index (χ2v) is 4.82. The normalized spacial score (nSPS) is 9.00. The number of carboxylic acid groups (broad SMARTS) is 2. The van der Waals surface area contributed by atoms with E-state index in [2.05, 4.69) is 9.97 Å². The van der Waals surface area contributed by atoms with Gasteiger partial charge in [-0.05, 0) is 31.0 Å².